The highest BCUT2D eigenvalue weighted by atomic mass is 16.1. The summed E-state index contributed by atoms with van der Waals surface area (Å²) in [6.45, 7) is 2.40. The van der Waals surface area contributed by atoms with E-state index in [0.29, 0.717) is 0 Å². The van der Waals surface area contributed by atoms with Gasteiger partial charge >= 0.3 is 0 Å². The summed E-state index contributed by atoms with van der Waals surface area (Å²) in [5.74, 6) is 0.0712. The van der Waals surface area contributed by atoms with Gasteiger partial charge in [0.2, 0.25) is 0 Å². The Morgan fingerprint density at radius 1 is 1.60 bits per heavy atom. The molecule has 10 heavy (non-hydrogen) atoms. The smallest absolute Gasteiger partial charge is 0.146 e. The summed E-state index contributed by atoms with van der Waals surface area (Å²) in [6, 6.07) is -0.276. The van der Waals surface area contributed by atoms with Crippen LogP contribution in [0.5, 0.6) is 0 Å². The van der Waals surface area contributed by atoms with Crippen molar-refractivity contribution in [2.24, 2.45) is 5.73 Å². The van der Waals surface area contributed by atoms with Crippen molar-refractivity contribution in [3.8, 4) is 0 Å². The van der Waals surface area contributed by atoms with Crippen LogP contribution >= 0.6 is 0 Å². The maximum Gasteiger partial charge on any atom is 0.146 e. The summed E-state index contributed by atoms with van der Waals surface area (Å²) in [5, 5.41) is 0. The Kier molecular flexibility index (Phi) is 4.23. The van der Waals surface area contributed by atoms with E-state index in [9.17, 15) is 4.79 Å². The molecule has 0 aliphatic heterocycles. The normalized spacial score (nSPS) is 13.7. The highest BCUT2D eigenvalue weighted by molar-refractivity contribution is 5.81. The van der Waals surface area contributed by atoms with Crippen LogP contribution in [0.25, 0.3) is 0 Å². The quantitative estimate of drug-likeness (QED) is 0.597. The fourth-order valence-corrected chi connectivity index (χ4v) is 0.601. The SMILES string of the molecule is CC(=O)C(N)CCN(C)C. The zero-order valence-corrected chi connectivity index (χ0v) is 6.92. The number of hydrogen-bond donors (Lipinski definition) is 1. The van der Waals surface area contributed by atoms with E-state index in [1.54, 1.807) is 0 Å². The fourth-order valence-electron chi connectivity index (χ4n) is 0.601. The first-order valence-electron chi connectivity index (χ1n) is 3.45. The van der Waals surface area contributed by atoms with Gasteiger partial charge in [-0.15, -0.1) is 0 Å². The molecule has 1 atom stereocenters. The van der Waals surface area contributed by atoms with Gasteiger partial charge in [-0.2, -0.15) is 0 Å². The molecule has 0 amide bonds. The Morgan fingerprint density at radius 2 is 2.10 bits per heavy atom. The van der Waals surface area contributed by atoms with Crippen molar-refractivity contribution in [3.63, 3.8) is 0 Å². The van der Waals surface area contributed by atoms with Crippen LogP contribution in [-0.2, 0) is 4.79 Å². The lowest BCUT2D eigenvalue weighted by Gasteiger charge is -2.11. The van der Waals surface area contributed by atoms with E-state index in [0.717, 1.165) is 13.0 Å². The van der Waals surface area contributed by atoms with Crippen LogP contribution in [0.4, 0.5) is 0 Å². The topological polar surface area (TPSA) is 46.3 Å². The maximum absolute atomic E-state index is 10.6. The molecule has 60 valence electrons. The van der Waals surface area contributed by atoms with Gasteiger partial charge in [0.1, 0.15) is 5.78 Å². The molecule has 0 aliphatic rings. The zero-order valence-electron chi connectivity index (χ0n) is 6.92. The molecule has 0 heterocycles. The van der Waals surface area contributed by atoms with Gasteiger partial charge in [0.25, 0.3) is 0 Å². The molecule has 0 fully saturated rings. The third-order valence-electron chi connectivity index (χ3n) is 1.41. The minimum atomic E-state index is -0.276. The molecule has 0 saturated heterocycles. The van der Waals surface area contributed by atoms with E-state index in [1.165, 1.54) is 6.92 Å². The van der Waals surface area contributed by atoms with Gasteiger partial charge < -0.3 is 10.6 Å². The number of rotatable bonds is 4. The molecular weight excluding hydrogens is 128 g/mol. The van der Waals surface area contributed by atoms with Crippen molar-refractivity contribution < 1.29 is 4.79 Å². The molecule has 3 nitrogen and oxygen atoms in total. The number of carbonyl (C=O) groups excluding carboxylic acids is 1. The highest BCUT2D eigenvalue weighted by Gasteiger charge is 2.06. The second-order valence-corrected chi connectivity index (χ2v) is 2.81. The monoisotopic (exact) mass is 144 g/mol. The summed E-state index contributed by atoms with van der Waals surface area (Å²) < 4.78 is 0. The largest absolute Gasteiger partial charge is 0.321 e. The minimum absolute atomic E-state index is 0.0712. The maximum atomic E-state index is 10.6. The van der Waals surface area contributed by atoms with Crippen molar-refractivity contribution in [3.05, 3.63) is 0 Å². The van der Waals surface area contributed by atoms with Crippen molar-refractivity contribution in [2.75, 3.05) is 20.6 Å². The first-order chi connectivity index (χ1) is 4.54. The number of nitrogens with zero attached hydrogens (tertiary/aromatic N) is 1. The fraction of sp³-hybridized carbons (Fsp3) is 0.857. The molecule has 0 aromatic heterocycles. The summed E-state index contributed by atoms with van der Waals surface area (Å²) in [5.41, 5.74) is 5.49. The van der Waals surface area contributed by atoms with Gasteiger partial charge in [0.15, 0.2) is 0 Å². The Bertz CT molecular complexity index is 112. The zero-order chi connectivity index (χ0) is 8.15. The van der Waals surface area contributed by atoms with Gasteiger partial charge in [-0.1, -0.05) is 0 Å². The van der Waals surface area contributed by atoms with E-state index < -0.39 is 0 Å². The summed E-state index contributed by atoms with van der Waals surface area (Å²) in [7, 11) is 3.93. The Hall–Kier alpha value is -0.410. The van der Waals surface area contributed by atoms with E-state index in [-0.39, 0.29) is 11.8 Å². The number of nitrogens with two attached hydrogens (primary N) is 1. The molecular formula is C7H16N2O. The third kappa shape index (κ3) is 4.47. The second-order valence-electron chi connectivity index (χ2n) is 2.81. The van der Waals surface area contributed by atoms with E-state index in [1.807, 2.05) is 19.0 Å². The molecule has 0 rings (SSSR count). The summed E-state index contributed by atoms with van der Waals surface area (Å²) in [4.78, 5) is 12.6. The van der Waals surface area contributed by atoms with Crippen LogP contribution in [0.15, 0.2) is 0 Å². The third-order valence-corrected chi connectivity index (χ3v) is 1.41. The first-order valence-corrected chi connectivity index (χ1v) is 3.45. The molecule has 1 unspecified atom stereocenters. The predicted molar refractivity (Wildman–Crippen MR) is 41.8 cm³/mol. The van der Waals surface area contributed by atoms with Gasteiger partial charge in [-0.3, -0.25) is 4.79 Å². The second kappa shape index (κ2) is 4.41. The van der Waals surface area contributed by atoms with Gasteiger partial charge in [0.05, 0.1) is 6.04 Å². The van der Waals surface area contributed by atoms with E-state index >= 15 is 0 Å². The molecule has 2 N–H and O–H groups in total. The van der Waals surface area contributed by atoms with E-state index in [2.05, 4.69) is 0 Å². The van der Waals surface area contributed by atoms with Gasteiger partial charge in [-0.05, 0) is 34.0 Å². The molecule has 0 saturated carbocycles. The Labute approximate surface area is 62.2 Å². The van der Waals surface area contributed by atoms with Crippen molar-refractivity contribution in [2.45, 2.75) is 19.4 Å². The predicted octanol–water partition coefficient (Wildman–Crippen LogP) is -0.146. The van der Waals surface area contributed by atoms with E-state index in [4.69, 9.17) is 5.73 Å². The van der Waals surface area contributed by atoms with Crippen LogP contribution in [0, 0.1) is 0 Å². The Balaban J connectivity index is 3.40. The first kappa shape index (κ1) is 9.59. The number of carbonyl (C=O) groups is 1. The average molecular weight is 144 g/mol. The number of Topliss-reactive ketones (excluding diaryl/α,β-unsaturated/α-hetero) is 1. The molecule has 0 bridgehead atoms. The van der Waals surface area contributed by atoms with Crippen LogP contribution in [0.1, 0.15) is 13.3 Å². The molecule has 3 heteroatoms. The lowest BCUT2D eigenvalue weighted by Crippen LogP contribution is -2.31. The molecule has 0 aliphatic carbocycles. The Morgan fingerprint density at radius 3 is 2.40 bits per heavy atom. The van der Waals surface area contributed by atoms with Crippen molar-refractivity contribution in [1.82, 2.24) is 4.90 Å². The number of ketones is 1. The molecule has 0 radical (unpaired) electrons. The minimum Gasteiger partial charge on any atom is -0.321 e. The lowest BCUT2D eigenvalue weighted by atomic mass is 10.1. The van der Waals surface area contributed by atoms with Crippen LogP contribution in [0.2, 0.25) is 0 Å². The van der Waals surface area contributed by atoms with Crippen molar-refractivity contribution in [1.29, 1.82) is 0 Å². The van der Waals surface area contributed by atoms with Crippen LogP contribution in [0.3, 0.4) is 0 Å². The molecule has 0 spiro atoms. The molecule has 0 aromatic carbocycles. The number of hydrogen-bond acceptors (Lipinski definition) is 3. The highest BCUT2D eigenvalue weighted by Crippen LogP contribution is 1.90. The van der Waals surface area contributed by atoms with Gasteiger partial charge in [0, 0.05) is 0 Å². The van der Waals surface area contributed by atoms with Crippen LogP contribution in [-0.4, -0.2) is 37.4 Å². The summed E-state index contributed by atoms with van der Waals surface area (Å²) >= 11 is 0. The van der Waals surface area contributed by atoms with Crippen molar-refractivity contribution >= 4 is 5.78 Å². The van der Waals surface area contributed by atoms with Gasteiger partial charge in [-0.25, -0.2) is 0 Å². The van der Waals surface area contributed by atoms with Crippen LogP contribution < -0.4 is 5.73 Å². The average Bonchev–Trinajstić information content (AvgIpc) is 1.82. The lowest BCUT2D eigenvalue weighted by molar-refractivity contribution is -0.118. The standard InChI is InChI=1S/C7H16N2O/c1-6(10)7(8)4-5-9(2)3/h7H,4-5,8H2,1-3H3. The molecule has 0 aromatic rings. The summed E-state index contributed by atoms with van der Waals surface area (Å²) in [6.07, 6.45) is 0.752.